The molecule has 2 aliphatic rings. The van der Waals surface area contributed by atoms with E-state index >= 15 is 0 Å². The zero-order valence-corrected chi connectivity index (χ0v) is 29.1. The lowest BCUT2D eigenvalue weighted by molar-refractivity contribution is -0.139. The van der Waals surface area contributed by atoms with Crippen LogP contribution in [-0.2, 0) is 16.1 Å². The third kappa shape index (κ3) is 7.00. The summed E-state index contributed by atoms with van der Waals surface area (Å²) >= 11 is 1.24. The van der Waals surface area contributed by atoms with Gasteiger partial charge < -0.3 is 33.2 Å². The molecular formula is C37H38N2O9S. The minimum Gasteiger partial charge on any atom is -0.493 e. The van der Waals surface area contributed by atoms with E-state index in [4.69, 9.17) is 33.2 Å². The number of aromatic nitrogens is 1. The molecule has 0 spiro atoms. The molecule has 0 amide bonds. The van der Waals surface area contributed by atoms with E-state index in [-0.39, 0.29) is 30.6 Å². The Balaban J connectivity index is 1.37. The minimum absolute atomic E-state index is 0.0754. The van der Waals surface area contributed by atoms with Gasteiger partial charge in [-0.15, -0.1) is 0 Å². The maximum Gasteiger partial charge on any atom is 0.338 e. The number of hydrogen-bond donors (Lipinski definition) is 0. The van der Waals surface area contributed by atoms with E-state index in [0.717, 1.165) is 11.1 Å². The first-order valence-corrected chi connectivity index (χ1v) is 16.8. The van der Waals surface area contributed by atoms with Gasteiger partial charge >= 0.3 is 5.97 Å². The SMILES string of the molecule is CCOC(=O)C1=C(C)N=c2s/c(=C\c3ccc(OCc4ccc5c(c4)OCO5)c(OCC)c3)c(=O)n2[C@@H]1c1ccc(OC(C)C)c(OC)c1. The molecule has 2 aliphatic heterocycles. The number of ether oxygens (including phenoxy) is 7. The van der Waals surface area contributed by atoms with E-state index in [0.29, 0.717) is 68.3 Å². The summed E-state index contributed by atoms with van der Waals surface area (Å²) in [7, 11) is 1.55. The minimum atomic E-state index is -0.801. The lowest BCUT2D eigenvalue weighted by atomic mass is 9.95. The molecule has 1 atom stereocenters. The highest BCUT2D eigenvalue weighted by Crippen LogP contribution is 2.37. The van der Waals surface area contributed by atoms with Crippen LogP contribution in [0.4, 0.5) is 0 Å². The standard InChI is InChI=1S/C37H38N2O9S/c1-7-43-30-15-23(9-12-26(30)45-19-24-10-13-27-31(16-24)47-20-46-27)17-32-35(40)39-34(25-11-14-28(48-21(3)4)29(18-25)42-6)33(36(41)44-8-2)22(5)38-37(39)49-32/h9-18,21,34H,7-8,19-20H2,1-6H3/b32-17-/t34-/m1/s1. The molecule has 3 aromatic carbocycles. The number of methoxy groups -OCH3 is 1. The molecule has 11 nitrogen and oxygen atoms in total. The lowest BCUT2D eigenvalue weighted by Gasteiger charge is -2.25. The Labute approximate surface area is 287 Å². The predicted octanol–water partition coefficient (Wildman–Crippen LogP) is 5.30. The van der Waals surface area contributed by atoms with E-state index in [9.17, 15) is 9.59 Å². The van der Waals surface area contributed by atoms with Gasteiger partial charge in [-0.05, 0) is 93.8 Å². The van der Waals surface area contributed by atoms with E-state index in [2.05, 4.69) is 4.99 Å². The molecule has 0 radical (unpaired) electrons. The summed E-state index contributed by atoms with van der Waals surface area (Å²) in [6, 6.07) is 15.8. The average molecular weight is 687 g/mol. The van der Waals surface area contributed by atoms with Gasteiger partial charge in [-0.2, -0.15) is 0 Å². The van der Waals surface area contributed by atoms with E-state index < -0.39 is 12.0 Å². The summed E-state index contributed by atoms with van der Waals surface area (Å²) < 4.78 is 41.9. The van der Waals surface area contributed by atoms with Gasteiger partial charge in [-0.25, -0.2) is 9.79 Å². The van der Waals surface area contributed by atoms with Gasteiger partial charge in [0, 0.05) is 0 Å². The number of benzene rings is 3. The van der Waals surface area contributed by atoms with Crippen molar-refractivity contribution < 1.29 is 38.0 Å². The van der Waals surface area contributed by atoms with Crippen molar-refractivity contribution in [1.29, 1.82) is 0 Å². The zero-order chi connectivity index (χ0) is 34.7. The van der Waals surface area contributed by atoms with Crippen LogP contribution in [-0.4, -0.2) is 43.8 Å². The number of fused-ring (bicyclic) bond motifs is 2. The summed E-state index contributed by atoms with van der Waals surface area (Å²) in [6.45, 7) is 10.3. The van der Waals surface area contributed by atoms with Crippen molar-refractivity contribution in [3.05, 3.63) is 102 Å². The summed E-state index contributed by atoms with van der Waals surface area (Å²) in [5.74, 6) is 3.00. The second kappa shape index (κ2) is 14.5. The second-order valence-corrected chi connectivity index (χ2v) is 12.5. The third-order valence-electron chi connectivity index (χ3n) is 7.78. The first kappa shape index (κ1) is 33.7. The fraction of sp³-hybridized carbons (Fsp3) is 0.324. The number of esters is 1. The molecule has 0 fully saturated rings. The fourth-order valence-electron chi connectivity index (χ4n) is 5.66. The number of allylic oxidation sites excluding steroid dienone is 1. The van der Waals surface area contributed by atoms with Gasteiger partial charge in [0.1, 0.15) is 6.61 Å². The van der Waals surface area contributed by atoms with Crippen molar-refractivity contribution in [1.82, 2.24) is 4.57 Å². The van der Waals surface area contributed by atoms with Crippen molar-refractivity contribution in [2.45, 2.75) is 53.4 Å². The van der Waals surface area contributed by atoms with Crippen molar-refractivity contribution >= 4 is 23.4 Å². The van der Waals surface area contributed by atoms with Crippen LogP contribution >= 0.6 is 11.3 Å². The first-order chi connectivity index (χ1) is 23.7. The fourth-order valence-corrected chi connectivity index (χ4v) is 6.70. The number of rotatable bonds is 12. The lowest BCUT2D eigenvalue weighted by Crippen LogP contribution is -2.40. The maximum absolute atomic E-state index is 14.2. The van der Waals surface area contributed by atoms with Gasteiger partial charge in [-0.1, -0.05) is 29.5 Å². The molecule has 0 saturated heterocycles. The van der Waals surface area contributed by atoms with Crippen LogP contribution in [0.5, 0.6) is 34.5 Å². The normalized spacial score (nSPS) is 15.2. The molecule has 0 saturated carbocycles. The number of nitrogens with zero attached hydrogens (tertiary/aromatic N) is 2. The van der Waals surface area contributed by atoms with Gasteiger partial charge in [0.15, 0.2) is 39.3 Å². The smallest absolute Gasteiger partial charge is 0.338 e. The van der Waals surface area contributed by atoms with Crippen molar-refractivity contribution in [2.24, 2.45) is 4.99 Å². The number of carbonyl (C=O) groups is 1. The second-order valence-electron chi connectivity index (χ2n) is 11.5. The van der Waals surface area contributed by atoms with Crippen LogP contribution < -0.4 is 43.3 Å². The molecule has 12 heteroatoms. The molecule has 3 heterocycles. The maximum atomic E-state index is 14.2. The number of hydrogen-bond acceptors (Lipinski definition) is 11. The van der Waals surface area contributed by atoms with Crippen LogP contribution in [0.25, 0.3) is 6.08 Å². The molecule has 0 unspecified atom stereocenters. The Morgan fingerprint density at radius 1 is 0.980 bits per heavy atom. The Hall–Kier alpha value is -5.23. The molecule has 49 heavy (non-hydrogen) atoms. The monoisotopic (exact) mass is 686 g/mol. The first-order valence-electron chi connectivity index (χ1n) is 16.0. The Kier molecular flexibility index (Phi) is 9.95. The largest absolute Gasteiger partial charge is 0.493 e. The molecule has 4 aromatic rings. The number of thiazole rings is 1. The Morgan fingerprint density at radius 2 is 1.78 bits per heavy atom. The number of carbonyl (C=O) groups excluding carboxylic acids is 1. The molecular weight excluding hydrogens is 648 g/mol. The topological polar surface area (TPSA) is 116 Å². The molecule has 256 valence electrons. The van der Waals surface area contributed by atoms with Gasteiger partial charge in [-0.3, -0.25) is 9.36 Å². The quantitative estimate of drug-likeness (QED) is 0.183. The zero-order valence-electron chi connectivity index (χ0n) is 28.2. The van der Waals surface area contributed by atoms with Crippen LogP contribution in [0, 0.1) is 0 Å². The van der Waals surface area contributed by atoms with Gasteiger partial charge in [0.25, 0.3) is 5.56 Å². The summed E-state index contributed by atoms with van der Waals surface area (Å²) in [6.07, 6.45) is 1.71. The van der Waals surface area contributed by atoms with Crippen molar-refractivity contribution in [3.8, 4) is 34.5 Å². The Bertz CT molecular complexity index is 2100. The summed E-state index contributed by atoms with van der Waals surface area (Å²) in [5, 5.41) is 0. The highest BCUT2D eigenvalue weighted by Gasteiger charge is 2.34. The average Bonchev–Trinajstić information content (AvgIpc) is 3.67. The van der Waals surface area contributed by atoms with Crippen molar-refractivity contribution in [2.75, 3.05) is 27.1 Å². The highest BCUT2D eigenvalue weighted by atomic mass is 32.1. The van der Waals surface area contributed by atoms with Crippen LogP contribution in [0.1, 0.15) is 57.4 Å². The van der Waals surface area contributed by atoms with E-state index in [1.54, 1.807) is 43.7 Å². The Morgan fingerprint density at radius 3 is 2.53 bits per heavy atom. The molecule has 0 bridgehead atoms. The third-order valence-corrected chi connectivity index (χ3v) is 8.76. The highest BCUT2D eigenvalue weighted by molar-refractivity contribution is 7.07. The van der Waals surface area contributed by atoms with Crippen LogP contribution in [0.2, 0.25) is 0 Å². The molecule has 0 aliphatic carbocycles. The summed E-state index contributed by atoms with van der Waals surface area (Å²) in [5.41, 5.74) is 2.76. The molecule has 0 N–H and O–H groups in total. The van der Waals surface area contributed by atoms with Gasteiger partial charge in [0.05, 0.1) is 48.3 Å². The van der Waals surface area contributed by atoms with Crippen molar-refractivity contribution in [3.63, 3.8) is 0 Å². The summed E-state index contributed by atoms with van der Waals surface area (Å²) in [4.78, 5) is 32.7. The predicted molar refractivity (Wildman–Crippen MR) is 184 cm³/mol. The van der Waals surface area contributed by atoms with Gasteiger partial charge in [0.2, 0.25) is 6.79 Å². The molecule has 1 aromatic heterocycles. The van der Waals surface area contributed by atoms with Crippen LogP contribution in [0.15, 0.2) is 75.7 Å². The van der Waals surface area contributed by atoms with Crippen LogP contribution in [0.3, 0.4) is 0 Å². The van der Waals surface area contributed by atoms with E-state index in [1.165, 1.54) is 11.3 Å². The van der Waals surface area contributed by atoms with E-state index in [1.807, 2.05) is 63.2 Å². The molecule has 6 rings (SSSR count).